The first-order chi connectivity index (χ1) is 6.47. The molecule has 0 radical (unpaired) electrons. The Kier molecular flexibility index (Phi) is 5.53. The zero-order valence-corrected chi connectivity index (χ0v) is 9.75. The fourth-order valence-corrected chi connectivity index (χ4v) is 1.24. The molecule has 0 aliphatic rings. The molecule has 0 rings (SSSR count). The first kappa shape index (κ1) is 13.2. The molecule has 0 atom stereocenters. The summed E-state index contributed by atoms with van der Waals surface area (Å²) in [5.41, 5.74) is 5.38. The van der Waals surface area contributed by atoms with Crippen molar-refractivity contribution in [3.63, 3.8) is 0 Å². The number of nitrogens with zero attached hydrogens (tertiary/aromatic N) is 2. The van der Waals surface area contributed by atoms with Crippen molar-refractivity contribution in [1.29, 1.82) is 0 Å². The molecule has 0 aromatic carbocycles. The van der Waals surface area contributed by atoms with Gasteiger partial charge in [-0.25, -0.2) is 0 Å². The highest BCUT2D eigenvalue weighted by Crippen LogP contribution is 2.20. The Morgan fingerprint density at radius 3 is 2.21 bits per heavy atom. The van der Waals surface area contributed by atoms with E-state index in [0.29, 0.717) is 5.84 Å². The maximum Gasteiger partial charge on any atom is 0.144 e. The predicted molar refractivity (Wildman–Crippen MR) is 59.6 cm³/mol. The van der Waals surface area contributed by atoms with Crippen LogP contribution in [0.1, 0.15) is 34.1 Å². The predicted octanol–water partition coefficient (Wildman–Crippen LogP) is 1.49. The Hall–Kier alpha value is -0.770. The molecule has 0 amide bonds. The number of nitrogens with two attached hydrogens (primary N) is 1. The molecule has 0 aromatic heterocycles. The van der Waals surface area contributed by atoms with Gasteiger partial charge in [0.25, 0.3) is 0 Å². The van der Waals surface area contributed by atoms with Crippen molar-refractivity contribution in [3.05, 3.63) is 0 Å². The second-order valence-corrected chi connectivity index (χ2v) is 4.15. The van der Waals surface area contributed by atoms with Gasteiger partial charge in [0.15, 0.2) is 0 Å². The minimum atomic E-state index is -0.225. The number of rotatable bonds is 6. The molecule has 0 unspecified atom stereocenters. The van der Waals surface area contributed by atoms with Gasteiger partial charge in [-0.15, -0.1) is 0 Å². The highest BCUT2D eigenvalue weighted by atomic mass is 16.4. The summed E-state index contributed by atoms with van der Waals surface area (Å²) < 4.78 is 0. The Morgan fingerprint density at radius 1 is 1.36 bits per heavy atom. The standard InChI is InChI=1S/C10H23N3O/c1-5-13(6-2)8-7-10(3,4)9(11)12-14/h14H,5-8H2,1-4H3,(H2,11,12). The highest BCUT2D eigenvalue weighted by molar-refractivity contribution is 5.85. The van der Waals surface area contributed by atoms with Gasteiger partial charge in [-0.1, -0.05) is 32.9 Å². The van der Waals surface area contributed by atoms with Crippen molar-refractivity contribution in [2.45, 2.75) is 34.1 Å². The van der Waals surface area contributed by atoms with E-state index in [1.807, 2.05) is 13.8 Å². The lowest BCUT2D eigenvalue weighted by Crippen LogP contribution is -2.36. The van der Waals surface area contributed by atoms with Crippen molar-refractivity contribution < 1.29 is 5.21 Å². The van der Waals surface area contributed by atoms with Crippen LogP contribution in [0.5, 0.6) is 0 Å². The zero-order chi connectivity index (χ0) is 11.2. The minimum Gasteiger partial charge on any atom is -0.409 e. The molecule has 14 heavy (non-hydrogen) atoms. The molecule has 3 N–H and O–H groups in total. The van der Waals surface area contributed by atoms with Crippen molar-refractivity contribution in [2.24, 2.45) is 16.3 Å². The largest absolute Gasteiger partial charge is 0.409 e. The van der Waals surface area contributed by atoms with Gasteiger partial charge in [0, 0.05) is 5.41 Å². The van der Waals surface area contributed by atoms with Gasteiger partial charge < -0.3 is 15.8 Å². The van der Waals surface area contributed by atoms with Gasteiger partial charge in [-0.05, 0) is 26.1 Å². The molecule has 0 aliphatic heterocycles. The van der Waals surface area contributed by atoms with Crippen molar-refractivity contribution >= 4 is 5.84 Å². The molecule has 0 saturated heterocycles. The maximum absolute atomic E-state index is 8.60. The Morgan fingerprint density at radius 2 is 1.86 bits per heavy atom. The molecule has 0 heterocycles. The summed E-state index contributed by atoms with van der Waals surface area (Å²) in [4.78, 5) is 2.33. The first-order valence-corrected chi connectivity index (χ1v) is 5.18. The van der Waals surface area contributed by atoms with Crippen LogP contribution in [0.4, 0.5) is 0 Å². The van der Waals surface area contributed by atoms with Gasteiger partial charge >= 0.3 is 0 Å². The van der Waals surface area contributed by atoms with Crippen molar-refractivity contribution in [3.8, 4) is 0 Å². The molecule has 0 fully saturated rings. The van der Waals surface area contributed by atoms with Gasteiger partial charge in [0.05, 0.1) is 0 Å². The zero-order valence-electron chi connectivity index (χ0n) is 9.75. The van der Waals surface area contributed by atoms with E-state index in [0.717, 1.165) is 26.1 Å². The smallest absolute Gasteiger partial charge is 0.144 e. The third-order valence-corrected chi connectivity index (χ3v) is 2.75. The van der Waals surface area contributed by atoms with Gasteiger partial charge in [0.1, 0.15) is 5.84 Å². The molecule has 4 nitrogen and oxygen atoms in total. The normalized spacial score (nSPS) is 13.6. The first-order valence-electron chi connectivity index (χ1n) is 5.18. The summed E-state index contributed by atoms with van der Waals surface area (Å²) >= 11 is 0. The van der Waals surface area contributed by atoms with E-state index >= 15 is 0 Å². The van der Waals surface area contributed by atoms with Crippen LogP contribution >= 0.6 is 0 Å². The molecule has 0 saturated carbocycles. The summed E-state index contributed by atoms with van der Waals surface area (Å²) in [5, 5.41) is 11.7. The van der Waals surface area contributed by atoms with Crippen molar-refractivity contribution in [2.75, 3.05) is 19.6 Å². The van der Waals surface area contributed by atoms with E-state index in [1.165, 1.54) is 0 Å². The molecule has 0 aliphatic carbocycles. The Labute approximate surface area is 86.8 Å². The lowest BCUT2D eigenvalue weighted by atomic mass is 9.88. The van der Waals surface area contributed by atoms with Gasteiger partial charge in [0.2, 0.25) is 0 Å². The third-order valence-electron chi connectivity index (χ3n) is 2.75. The van der Waals surface area contributed by atoms with Gasteiger partial charge in [-0.2, -0.15) is 0 Å². The van der Waals surface area contributed by atoms with Crippen LogP contribution in [0.3, 0.4) is 0 Å². The minimum absolute atomic E-state index is 0.225. The third kappa shape index (κ3) is 3.96. The molecule has 4 heteroatoms. The van der Waals surface area contributed by atoms with E-state index in [9.17, 15) is 0 Å². The van der Waals surface area contributed by atoms with Gasteiger partial charge in [-0.3, -0.25) is 0 Å². The summed E-state index contributed by atoms with van der Waals surface area (Å²) in [6.07, 6.45) is 0.907. The highest BCUT2D eigenvalue weighted by Gasteiger charge is 2.23. The average Bonchev–Trinajstić information content (AvgIpc) is 2.18. The summed E-state index contributed by atoms with van der Waals surface area (Å²) in [7, 11) is 0. The number of hydrogen-bond acceptors (Lipinski definition) is 3. The van der Waals surface area contributed by atoms with Crippen molar-refractivity contribution in [1.82, 2.24) is 4.90 Å². The molecule has 84 valence electrons. The number of amidine groups is 1. The average molecular weight is 201 g/mol. The molecular weight excluding hydrogens is 178 g/mol. The van der Waals surface area contributed by atoms with Crippen LogP contribution in [0, 0.1) is 5.41 Å². The lowest BCUT2D eigenvalue weighted by Gasteiger charge is -2.26. The van der Waals surface area contributed by atoms with E-state index < -0.39 is 0 Å². The topological polar surface area (TPSA) is 61.8 Å². The lowest BCUT2D eigenvalue weighted by molar-refractivity contribution is 0.260. The second kappa shape index (κ2) is 5.86. The van der Waals surface area contributed by atoms with Crippen LogP contribution in [0.25, 0.3) is 0 Å². The summed E-state index contributed by atoms with van der Waals surface area (Å²) in [6.45, 7) is 11.3. The van der Waals surface area contributed by atoms with E-state index in [1.54, 1.807) is 0 Å². The summed E-state index contributed by atoms with van der Waals surface area (Å²) in [5.74, 6) is 0.310. The quantitative estimate of drug-likeness (QED) is 0.296. The molecule has 0 aromatic rings. The van der Waals surface area contributed by atoms with Crippen LogP contribution < -0.4 is 5.73 Å². The second-order valence-electron chi connectivity index (χ2n) is 4.15. The van der Waals surface area contributed by atoms with Crippen LogP contribution in [0.15, 0.2) is 5.16 Å². The van der Waals surface area contributed by atoms with E-state index in [-0.39, 0.29) is 5.41 Å². The van der Waals surface area contributed by atoms with E-state index in [4.69, 9.17) is 10.9 Å². The fourth-order valence-electron chi connectivity index (χ4n) is 1.24. The van der Waals surface area contributed by atoms with Crippen LogP contribution in [-0.4, -0.2) is 35.6 Å². The maximum atomic E-state index is 8.60. The van der Waals surface area contributed by atoms with Crippen LogP contribution in [0.2, 0.25) is 0 Å². The molecule has 0 bridgehead atoms. The number of oxime groups is 1. The van der Waals surface area contributed by atoms with E-state index in [2.05, 4.69) is 23.9 Å². The number of hydrogen-bond donors (Lipinski definition) is 2. The summed E-state index contributed by atoms with van der Waals surface area (Å²) in [6, 6.07) is 0. The molecule has 0 spiro atoms. The molecular formula is C10H23N3O. The fraction of sp³-hybridized carbons (Fsp3) is 0.900. The monoisotopic (exact) mass is 201 g/mol. The SMILES string of the molecule is CCN(CC)CCC(C)(C)C(N)=NO. The Bertz CT molecular complexity index is 186. The van der Waals surface area contributed by atoms with Crippen LogP contribution in [-0.2, 0) is 0 Å². The Balaban J connectivity index is 4.10.